The maximum absolute atomic E-state index is 13.0. The molecular weight excluding hydrogens is 416 g/mol. The van der Waals surface area contributed by atoms with Crippen LogP contribution in [0.4, 0.5) is 5.69 Å². The molecule has 0 saturated carbocycles. The Hall–Kier alpha value is -2.73. The average molecular weight is 443 g/mol. The first-order valence-electron chi connectivity index (χ1n) is 10.8. The van der Waals surface area contributed by atoms with Crippen LogP contribution in [0.5, 0.6) is 5.75 Å². The number of rotatable bonds is 6. The minimum absolute atomic E-state index is 0.0666. The molecule has 2 aromatic rings. The quantitative estimate of drug-likeness (QED) is 0.685. The monoisotopic (exact) mass is 442 g/mol. The van der Waals surface area contributed by atoms with Gasteiger partial charge in [0.15, 0.2) is 0 Å². The number of carbonyl (C=O) groups is 2. The van der Waals surface area contributed by atoms with Gasteiger partial charge in [0.05, 0.1) is 29.7 Å². The van der Waals surface area contributed by atoms with E-state index >= 15 is 0 Å². The molecule has 2 aliphatic rings. The third-order valence-electron chi connectivity index (χ3n) is 5.93. The Kier molecular flexibility index (Phi) is 6.66. The largest absolute Gasteiger partial charge is 0.493 e. The summed E-state index contributed by atoms with van der Waals surface area (Å²) in [5, 5.41) is 3.68. The van der Waals surface area contributed by atoms with Crippen LogP contribution in [0, 0.1) is 5.92 Å². The van der Waals surface area contributed by atoms with E-state index in [0.29, 0.717) is 43.4 Å². The van der Waals surface area contributed by atoms with E-state index in [1.807, 2.05) is 43.3 Å². The number of nitrogens with one attached hydrogen (secondary N) is 1. The predicted molar refractivity (Wildman–Crippen MR) is 120 cm³/mol. The average Bonchev–Trinajstić information content (AvgIpc) is 3.28. The summed E-state index contributed by atoms with van der Waals surface area (Å²) in [5.74, 6) is 0.500. The maximum atomic E-state index is 13.0. The molecule has 2 aliphatic heterocycles. The van der Waals surface area contributed by atoms with Crippen molar-refractivity contribution < 1.29 is 19.1 Å². The van der Waals surface area contributed by atoms with Crippen LogP contribution >= 0.6 is 11.6 Å². The van der Waals surface area contributed by atoms with E-state index in [4.69, 9.17) is 21.1 Å². The minimum Gasteiger partial charge on any atom is -0.493 e. The molecule has 0 atom stereocenters. The Morgan fingerprint density at radius 1 is 1.19 bits per heavy atom. The molecule has 31 heavy (non-hydrogen) atoms. The van der Waals surface area contributed by atoms with Gasteiger partial charge >= 0.3 is 5.97 Å². The fraction of sp³-hybridized carbons (Fsp3) is 0.417. The number of ether oxygens (including phenoxy) is 2. The summed E-state index contributed by atoms with van der Waals surface area (Å²) in [6, 6.07) is 11.4. The van der Waals surface area contributed by atoms with Crippen molar-refractivity contribution in [3.05, 3.63) is 58.1 Å². The number of nitrogens with zero attached hydrogens (tertiary/aromatic N) is 1. The van der Waals surface area contributed by atoms with Crippen molar-refractivity contribution in [2.24, 2.45) is 5.92 Å². The Balaban J connectivity index is 1.42. The van der Waals surface area contributed by atoms with Crippen LogP contribution in [0.1, 0.15) is 41.3 Å². The normalized spacial score (nSPS) is 15.9. The van der Waals surface area contributed by atoms with Crippen LogP contribution in [0.3, 0.4) is 0 Å². The van der Waals surface area contributed by atoms with Crippen molar-refractivity contribution in [2.75, 3.05) is 31.2 Å². The lowest BCUT2D eigenvalue weighted by Crippen LogP contribution is -2.38. The number of benzene rings is 2. The van der Waals surface area contributed by atoms with Gasteiger partial charge in [-0.05, 0) is 43.5 Å². The molecule has 1 amide bonds. The van der Waals surface area contributed by atoms with Crippen LogP contribution in [-0.4, -0.2) is 38.2 Å². The number of halogens is 1. The van der Waals surface area contributed by atoms with Crippen molar-refractivity contribution in [1.29, 1.82) is 0 Å². The molecule has 0 aromatic heterocycles. The van der Waals surface area contributed by atoms with Gasteiger partial charge in [0, 0.05) is 37.3 Å². The molecular formula is C24H27ClN2O4. The summed E-state index contributed by atoms with van der Waals surface area (Å²) >= 11 is 6.52. The molecule has 164 valence electrons. The van der Waals surface area contributed by atoms with Crippen molar-refractivity contribution in [3.8, 4) is 5.75 Å². The topological polar surface area (TPSA) is 67.9 Å². The second-order valence-electron chi connectivity index (χ2n) is 7.83. The Bertz CT molecular complexity index is 970. The number of hydrogen-bond donors (Lipinski definition) is 1. The fourth-order valence-electron chi connectivity index (χ4n) is 4.25. The maximum Gasteiger partial charge on any atom is 0.309 e. The molecule has 0 bridgehead atoms. The lowest BCUT2D eigenvalue weighted by molar-refractivity contribution is -0.148. The summed E-state index contributed by atoms with van der Waals surface area (Å²) < 4.78 is 10.7. The standard InChI is InChI=1S/C24H27ClN2O4/c1-2-30-24(29)16-9-12-27(13-10-16)20-6-4-3-5-18(20)23(28)26-15-17-7-8-21-19(22(17)25)11-14-31-21/h3-8,16H,2,9-15H2,1H3,(H,26,28). The number of piperidine rings is 1. The van der Waals surface area contributed by atoms with Gasteiger partial charge in [-0.15, -0.1) is 0 Å². The molecule has 4 rings (SSSR count). The molecule has 0 unspecified atom stereocenters. The second-order valence-corrected chi connectivity index (χ2v) is 8.20. The van der Waals surface area contributed by atoms with Crippen LogP contribution in [0.15, 0.2) is 36.4 Å². The highest BCUT2D eigenvalue weighted by atomic mass is 35.5. The zero-order chi connectivity index (χ0) is 21.8. The van der Waals surface area contributed by atoms with Gasteiger partial charge in [-0.1, -0.05) is 29.8 Å². The van der Waals surface area contributed by atoms with E-state index in [1.54, 1.807) is 0 Å². The van der Waals surface area contributed by atoms with E-state index in [-0.39, 0.29) is 17.8 Å². The van der Waals surface area contributed by atoms with E-state index in [0.717, 1.165) is 41.8 Å². The van der Waals surface area contributed by atoms with E-state index in [2.05, 4.69) is 10.2 Å². The third kappa shape index (κ3) is 4.64. The van der Waals surface area contributed by atoms with Crippen molar-refractivity contribution >= 4 is 29.2 Å². The van der Waals surface area contributed by atoms with Crippen molar-refractivity contribution in [2.45, 2.75) is 32.7 Å². The molecule has 1 saturated heterocycles. The van der Waals surface area contributed by atoms with Crippen LogP contribution < -0.4 is 15.0 Å². The fourth-order valence-corrected chi connectivity index (χ4v) is 4.57. The zero-order valence-corrected chi connectivity index (χ0v) is 18.4. The smallest absolute Gasteiger partial charge is 0.309 e. The molecule has 2 heterocycles. The lowest BCUT2D eigenvalue weighted by atomic mass is 9.96. The second kappa shape index (κ2) is 9.60. The molecule has 0 radical (unpaired) electrons. The number of fused-ring (bicyclic) bond motifs is 1. The van der Waals surface area contributed by atoms with Crippen LogP contribution in [-0.2, 0) is 22.5 Å². The molecule has 6 nitrogen and oxygen atoms in total. The molecule has 0 spiro atoms. The predicted octanol–water partition coefficient (Wildman–Crippen LogP) is 3.98. The highest BCUT2D eigenvalue weighted by Gasteiger charge is 2.28. The number of hydrogen-bond acceptors (Lipinski definition) is 5. The van der Waals surface area contributed by atoms with Gasteiger partial charge in [0.25, 0.3) is 5.91 Å². The Morgan fingerprint density at radius 2 is 1.97 bits per heavy atom. The molecule has 0 aliphatic carbocycles. The summed E-state index contributed by atoms with van der Waals surface area (Å²) in [6.45, 7) is 4.65. The highest BCUT2D eigenvalue weighted by Crippen LogP contribution is 2.34. The van der Waals surface area contributed by atoms with Crippen molar-refractivity contribution in [1.82, 2.24) is 5.32 Å². The summed E-state index contributed by atoms with van der Waals surface area (Å²) in [7, 11) is 0. The first-order chi connectivity index (χ1) is 15.1. The number of carbonyl (C=O) groups excluding carboxylic acids is 2. The SMILES string of the molecule is CCOC(=O)C1CCN(c2ccccc2C(=O)NCc2ccc3c(c2Cl)CCO3)CC1. The molecule has 2 aromatic carbocycles. The number of para-hydroxylation sites is 1. The Labute approximate surface area is 187 Å². The zero-order valence-electron chi connectivity index (χ0n) is 17.7. The van der Waals surface area contributed by atoms with Gasteiger partial charge in [-0.3, -0.25) is 9.59 Å². The summed E-state index contributed by atoms with van der Waals surface area (Å²) in [5.41, 5.74) is 3.40. The highest BCUT2D eigenvalue weighted by molar-refractivity contribution is 6.32. The first-order valence-corrected chi connectivity index (χ1v) is 11.2. The van der Waals surface area contributed by atoms with Gasteiger partial charge < -0.3 is 19.7 Å². The van der Waals surface area contributed by atoms with Crippen LogP contribution in [0.25, 0.3) is 0 Å². The van der Waals surface area contributed by atoms with E-state index < -0.39 is 0 Å². The minimum atomic E-state index is -0.143. The molecule has 7 heteroatoms. The lowest BCUT2D eigenvalue weighted by Gasteiger charge is -2.33. The van der Waals surface area contributed by atoms with E-state index in [9.17, 15) is 9.59 Å². The first kappa shape index (κ1) is 21.5. The van der Waals surface area contributed by atoms with Gasteiger partial charge in [-0.2, -0.15) is 0 Å². The van der Waals surface area contributed by atoms with Gasteiger partial charge in [0.1, 0.15) is 5.75 Å². The van der Waals surface area contributed by atoms with Gasteiger partial charge in [-0.25, -0.2) is 0 Å². The number of amides is 1. The number of anilines is 1. The Morgan fingerprint density at radius 3 is 2.74 bits per heavy atom. The molecule has 1 N–H and O–H groups in total. The van der Waals surface area contributed by atoms with Crippen molar-refractivity contribution in [3.63, 3.8) is 0 Å². The summed E-state index contributed by atoms with van der Waals surface area (Å²) in [4.78, 5) is 27.2. The summed E-state index contributed by atoms with van der Waals surface area (Å²) in [6.07, 6.45) is 2.24. The van der Waals surface area contributed by atoms with Crippen LogP contribution in [0.2, 0.25) is 5.02 Å². The molecule has 1 fully saturated rings. The van der Waals surface area contributed by atoms with E-state index in [1.165, 1.54) is 0 Å². The van der Waals surface area contributed by atoms with Gasteiger partial charge in [0.2, 0.25) is 0 Å². The number of esters is 1. The third-order valence-corrected chi connectivity index (χ3v) is 6.40.